The molecule has 3 heteroatoms. The molecule has 1 fully saturated rings. The van der Waals surface area contributed by atoms with Gasteiger partial charge in [0.2, 0.25) is 0 Å². The number of thioether (sulfide) groups is 1. The number of benzene rings is 1. The molecule has 0 spiro atoms. The van der Waals surface area contributed by atoms with Crippen molar-refractivity contribution in [2.24, 2.45) is 5.41 Å². The highest BCUT2D eigenvalue weighted by molar-refractivity contribution is 7.99. The van der Waals surface area contributed by atoms with Crippen LogP contribution in [0.25, 0.3) is 0 Å². The number of aryl methyl sites for hydroxylation is 1. The van der Waals surface area contributed by atoms with Crippen LogP contribution in [-0.4, -0.2) is 22.7 Å². The van der Waals surface area contributed by atoms with Crippen LogP contribution in [0.1, 0.15) is 25.8 Å². The Balaban J connectivity index is 2.11. The maximum absolute atomic E-state index is 9.52. The number of hydrogen-bond donors (Lipinski definition) is 2. The average Bonchev–Trinajstić information content (AvgIpc) is 2.26. The van der Waals surface area contributed by atoms with Crippen LogP contribution < -0.4 is 5.32 Å². The molecule has 1 aromatic carbocycles. The third-order valence-electron chi connectivity index (χ3n) is 3.66. The molecule has 1 aliphatic rings. The standard InChI is InChI=1S/C14H21NOS/c1-10-8-11(4-5-12(10)16)15-13-9-17-7-6-14(13,2)3/h4-5,8,13,15-16H,6-7,9H2,1-3H3. The maximum Gasteiger partial charge on any atom is 0.118 e. The third kappa shape index (κ3) is 2.89. The highest BCUT2D eigenvalue weighted by Gasteiger charge is 2.32. The van der Waals surface area contributed by atoms with Crippen molar-refractivity contribution in [3.63, 3.8) is 0 Å². The number of phenols is 1. The molecule has 1 unspecified atom stereocenters. The molecule has 1 heterocycles. The lowest BCUT2D eigenvalue weighted by molar-refractivity contribution is 0.305. The second kappa shape index (κ2) is 4.81. The van der Waals surface area contributed by atoms with E-state index in [2.05, 4.69) is 19.2 Å². The first kappa shape index (κ1) is 12.6. The Kier molecular flexibility index (Phi) is 3.57. The molecule has 2 N–H and O–H groups in total. The molecule has 2 rings (SSSR count). The van der Waals surface area contributed by atoms with Gasteiger partial charge in [0, 0.05) is 17.5 Å². The largest absolute Gasteiger partial charge is 0.508 e. The molecule has 1 aliphatic heterocycles. The molecule has 1 atom stereocenters. The van der Waals surface area contributed by atoms with Gasteiger partial charge in [-0.1, -0.05) is 13.8 Å². The van der Waals surface area contributed by atoms with E-state index in [0.717, 1.165) is 17.0 Å². The zero-order chi connectivity index (χ0) is 12.5. The Morgan fingerprint density at radius 3 is 2.82 bits per heavy atom. The van der Waals surface area contributed by atoms with E-state index in [1.807, 2.05) is 30.8 Å². The van der Waals surface area contributed by atoms with Gasteiger partial charge in [-0.2, -0.15) is 11.8 Å². The first-order valence-electron chi connectivity index (χ1n) is 6.13. The van der Waals surface area contributed by atoms with Crippen molar-refractivity contribution < 1.29 is 5.11 Å². The Labute approximate surface area is 108 Å². The molecule has 94 valence electrons. The molecule has 0 aromatic heterocycles. The molecular formula is C14H21NOS. The summed E-state index contributed by atoms with van der Waals surface area (Å²) in [5.41, 5.74) is 2.38. The van der Waals surface area contributed by atoms with Crippen molar-refractivity contribution in [1.82, 2.24) is 0 Å². The van der Waals surface area contributed by atoms with E-state index in [4.69, 9.17) is 0 Å². The minimum atomic E-state index is 0.344. The van der Waals surface area contributed by atoms with Gasteiger partial charge in [0.25, 0.3) is 0 Å². The molecule has 2 nitrogen and oxygen atoms in total. The topological polar surface area (TPSA) is 32.3 Å². The van der Waals surface area contributed by atoms with Crippen LogP contribution in [0, 0.1) is 12.3 Å². The van der Waals surface area contributed by atoms with Crippen molar-refractivity contribution in [1.29, 1.82) is 0 Å². The van der Waals surface area contributed by atoms with Crippen LogP contribution in [0.2, 0.25) is 0 Å². The molecule has 0 aliphatic carbocycles. The summed E-state index contributed by atoms with van der Waals surface area (Å²) in [7, 11) is 0. The summed E-state index contributed by atoms with van der Waals surface area (Å²) in [5.74, 6) is 2.79. The molecule has 17 heavy (non-hydrogen) atoms. The molecule has 1 saturated heterocycles. The molecule has 0 amide bonds. The van der Waals surface area contributed by atoms with Crippen LogP contribution in [0.4, 0.5) is 5.69 Å². The summed E-state index contributed by atoms with van der Waals surface area (Å²) in [4.78, 5) is 0. The van der Waals surface area contributed by atoms with Gasteiger partial charge < -0.3 is 10.4 Å². The van der Waals surface area contributed by atoms with Crippen molar-refractivity contribution >= 4 is 17.4 Å². The second-order valence-electron chi connectivity index (χ2n) is 5.51. The summed E-state index contributed by atoms with van der Waals surface area (Å²) < 4.78 is 0. The van der Waals surface area contributed by atoms with Crippen LogP contribution in [-0.2, 0) is 0 Å². The summed E-state index contributed by atoms with van der Waals surface area (Å²) >= 11 is 2.02. The third-order valence-corrected chi connectivity index (χ3v) is 4.72. The average molecular weight is 251 g/mol. The highest BCUT2D eigenvalue weighted by Crippen LogP contribution is 2.36. The first-order valence-corrected chi connectivity index (χ1v) is 7.28. The molecular weight excluding hydrogens is 230 g/mol. The number of aromatic hydroxyl groups is 1. The van der Waals surface area contributed by atoms with Crippen LogP contribution in [0.5, 0.6) is 5.75 Å². The van der Waals surface area contributed by atoms with E-state index in [1.165, 1.54) is 12.2 Å². The van der Waals surface area contributed by atoms with Gasteiger partial charge in [-0.05, 0) is 48.3 Å². The molecule has 0 radical (unpaired) electrons. The van der Waals surface area contributed by atoms with Crippen LogP contribution >= 0.6 is 11.8 Å². The van der Waals surface area contributed by atoms with Gasteiger partial charge in [0.1, 0.15) is 5.75 Å². The van der Waals surface area contributed by atoms with Crippen molar-refractivity contribution in [2.45, 2.75) is 33.2 Å². The quantitative estimate of drug-likeness (QED) is 0.787. The summed E-state index contributed by atoms with van der Waals surface area (Å²) in [5, 5.41) is 13.1. The van der Waals surface area contributed by atoms with Crippen LogP contribution in [0.15, 0.2) is 18.2 Å². The van der Waals surface area contributed by atoms with E-state index in [-0.39, 0.29) is 0 Å². The van der Waals surface area contributed by atoms with Gasteiger partial charge in [-0.3, -0.25) is 0 Å². The lowest BCUT2D eigenvalue weighted by Gasteiger charge is -2.39. The van der Waals surface area contributed by atoms with E-state index in [1.54, 1.807) is 6.07 Å². The van der Waals surface area contributed by atoms with Gasteiger partial charge in [0.15, 0.2) is 0 Å². The maximum atomic E-state index is 9.52. The normalized spacial score (nSPS) is 23.4. The predicted molar refractivity (Wildman–Crippen MR) is 76.0 cm³/mol. The molecule has 0 bridgehead atoms. The highest BCUT2D eigenvalue weighted by atomic mass is 32.2. The monoisotopic (exact) mass is 251 g/mol. The number of rotatable bonds is 2. The van der Waals surface area contributed by atoms with Crippen molar-refractivity contribution in [3.05, 3.63) is 23.8 Å². The number of anilines is 1. The lowest BCUT2D eigenvalue weighted by atomic mass is 9.82. The van der Waals surface area contributed by atoms with E-state index in [0.29, 0.717) is 17.2 Å². The lowest BCUT2D eigenvalue weighted by Crippen LogP contribution is -2.41. The van der Waals surface area contributed by atoms with Gasteiger partial charge in [-0.15, -0.1) is 0 Å². The van der Waals surface area contributed by atoms with Crippen molar-refractivity contribution in [3.8, 4) is 5.75 Å². The fraction of sp³-hybridized carbons (Fsp3) is 0.571. The van der Waals surface area contributed by atoms with E-state index < -0.39 is 0 Å². The zero-order valence-corrected chi connectivity index (χ0v) is 11.6. The van der Waals surface area contributed by atoms with Crippen molar-refractivity contribution in [2.75, 3.05) is 16.8 Å². The van der Waals surface area contributed by atoms with Gasteiger partial charge in [0.05, 0.1) is 0 Å². The number of hydrogen-bond acceptors (Lipinski definition) is 3. The Hall–Kier alpha value is -0.830. The fourth-order valence-electron chi connectivity index (χ4n) is 2.12. The smallest absolute Gasteiger partial charge is 0.118 e. The Morgan fingerprint density at radius 2 is 2.18 bits per heavy atom. The SMILES string of the molecule is Cc1cc(NC2CSCCC2(C)C)ccc1O. The minimum absolute atomic E-state index is 0.344. The second-order valence-corrected chi connectivity index (χ2v) is 6.66. The Bertz CT molecular complexity index is 403. The summed E-state index contributed by atoms with van der Waals surface area (Å²) in [6, 6.07) is 6.24. The predicted octanol–water partition coefficient (Wildman–Crippen LogP) is 3.64. The first-order chi connectivity index (χ1) is 7.99. The number of phenolic OH excluding ortho intramolecular Hbond substituents is 1. The van der Waals surface area contributed by atoms with Gasteiger partial charge in [-0.25, -0.2) is 0 Å². The molecule has 0 saturated carbocycles. The summed E-state index contributed by atoms with van der Waals surface area (Å²) in [6.45, 7) is 6.59. The van der Waals surface area contributed by atoms with Gasteiger partial charge >= 0.3 is 0 Å². The summed E-state index contributed by atoms with van der Waals surface area (Å²) in [6.07, 6.45) is 1.26. The molecule has 1 aromatic rings. The van der Waals surface area contributed by atoms with E-state index >= 15 is 0 Å². The zero-order valence-electron chi connectivity index (χ0n) is 10.8. The number of nitrogens with one attached hydrogen (secondary N) is 1. The van der Waals surface area contributed by atoms with E-state index in [9.17, 15) is 5.11 Å². The fourth-order valence-corrected chi connectivity index (χ4v) is 3.73. The Morgan fingerprint density at radius 1 is 1.41 bits per heavy atom. The van der Waals surface area contributed by atoms with Crippen LogP contribution in [0.3, 0.4) is 0 Å². The minimum Gasteiger partial charge on any atom is -0.508 e.